The van der Waals surface area contributed by atoms with Crippen molar-refractivity contribution < 1.29 is 38.4 Å². The Morgan fingerprint density at radius 2 is 1.70 bits per heavy atom. The fourth-order valence-corrected chi connectivity index (χ4v) is 6.49. The molecule has 0 bridgehead atoms. The molecule has 2 saturated carbocycles. The molecule has 5 N–H and O–H groups in total. The van der Waals surface area contributed by atoms with Gasteiger partial charge in [-0.2, -0.15) is 0 Å². The first-order valence-electron chi connectivity index (χ1n) is 9.75. The number of carboxylic acid groups (broad SMARTS) is 1. The summed E-state index contributed by atoms with van der Waals surface area (Å²) in [6, 6.07) is 0. The van der Waals surface area contributed by atoms with Crippen molar-refractivity contribution in [3.63, 3.8) is 0 Å². The summed E-state index contributed by atoms with van der Waals surface area (Å²) in [6.07, 6.45) is 14.4. The third kappa shape index (κ3) is 6.07. The van der Waals surface area contributed by atoms with Crippen molar-refractivity contribution in [3.05, 3.63) is 23.3 Å². The van der Waals surface area contributed by atoms with Gasteiger partial charge in [0, 0.05) is 16.0 Å². The van der Waals surface area contributed by atoms with Gasteiger partial charge in [0.2, 0.25) is 0 Å². The second-order valence-corrected chi connectivity index (χ2v) is 9.97. The molecule has 4 aliphatic carbocycles. The molecule has 168 valence electrons. The molecule has 0 amide bonds. The average molecular weight is 473 g/mol. The molecule has 0 aromatic carbocycles. The summed E-state index contributed by atoms with van der Waals surface area (Å²) in [6.45, 7) is 4.95. The Morgan fingerprint density at radius 1 is 1.10 bits per heavy atom. The third-order valence-corrected chi connectivity index (χ3v) is 7.82. The minimum absolute atomic E-state index is 0. The van der Waals surface area contributed by atoms with Gasteiger partial charge < -0.3 is 25.2 Å². The maximum absolute atomic E-state index is 11.3. The van der Waals surface area contributed by atoms with Crippen LogP contribution in [0.1, 0.15) is 65.2 Å². The quantitative estimate of drug-likeness (QED) is 0.343. The summed E-state index contributed by atoms with van der Waals surface area (Å²) in [7, 11) is -5.17. The second kappa shape index (κ2) is 10.7. The van der Waals surface area contributed by atoms with E-state index in [1.54, 1.807) is 0 Å². The van der Waals surface area contributed by atoms with E-state index in [1.807, 2.05) is 6.08 Å². The smallest absolute Gasteiger partial charge is 0.759 e. The van der Waals surface area contributed by atoms with E-state index < -0.39 is 16.4 Å². The Balaban J connectivity index is 0.000000953. The number of allylic oxidation sites excluding steroid dienone is 3. The van der Waals surface area contributed by atoms with Crippen LogP contribution in [0.5, 0.6) is 0 Å². The van der Waals surface area contributed by atoms with E-state index in [9.17, 15) is 9.90 Å². The summed E-state index contributed by atoms with van der Waals surface area (Å²) in [5.41, 5.74) is 2.77. The first-order valence-corrected chi connectivity index (χ1v) is 11.1. The average Bonchev–Trinajstić information content (AvgIpc) is 2.94. The van der Waals surface area contributed by atoms with E-state index in [4.69, 9.17) is 17.5 Å². The molecule has 2 fully saturated rings. The molecular formula is C20H32CaO8S. The molecule has 0 radical (unpaired) electrons. The maximum atomic E-state index is 11.3. The third-order valence-electron chi connectivity index (χ3n) is 7.82. The minimum Gasteiger partial charge on any atom is -0.759 e. The number of aliphatic carboxylic acids is 1. The van der Waals surface area contributed by atoms with Gasteiger partial charge in [0.1, 0.15) is 0 Å². The number of hydrogen-bond acceptors (Lipinski definition) is 5. The minimum atomic E-state index is -5.17. The monoisotopic (exact) mass is 472 g/mol. The molecule has 5 atom stereocenters. The zero-order valence-corrected chi connectivity index (χ0v) is 20.7. The summed E-state index contributed by atoms with van der Waals surface area (Å²) < 4.78 is 34.1. The van der Waals surface area contributed by atoms with Gasteiger partial charge in [-0.1, -0.05) is 26.3 Å². The van der Waals surface area contributed by atoms with Crippen LogP contribution in [0.4, 0.5) is 0 Å². The molecule has 30 heavy (non-hydrogen) atoms. The SMILES string of the molecule is C[C@@]12CCC[C@H]1[C@@H]1CC=C3C=C(C(=O)O)CC[C@]3(C)[C@H]1CC2.O.O.O=S(=O)([O-])[O-].[Ca+2]. The van der Waals surface area contributed by atoms with E-state index in [1.165, 1.54) is 44.1 Å². The molecule has 0 spiro atoms. The predicted octanol–water partition coefficient (Wildman–Crippen LogP) is 1.59. The first kappa shape index (κ1) is 30.0. The first-order chi connectivity index (χ1) is 12.4. The number of fused-ring (bicyclic) bond motifs is 5. The molecule has 8 nitrogen and oxygen atoms in total. The van der Waals surface area contributed by atoms with Crippen molar-refractivity contribution in [1.29, 1.82) is 0 Å². The fourth-order valence-electron chi connectivity index (χ4n) is 6.49. The molecule has 0 aliphatic heterocycles. The Hall–Kier alpha value is -0.000260. The largest absolute Gasteiger partial charge is 2.00 e. The van der Waals surface area contributed by atoms with Gasteiger partial charge in [0.25, 0.3) is 0 Å². The van der Waals surface area contributed by atoms with Crippen molar-refractivity contribution in [2.45, 2.75) is 65.2 Å². The molecule has 0 aromatic heterocycles. The van der Waals surface area contributed by atoms with Gasteiger partial charge in [0.05, 0.1) is 0 Å². The van der Waals surface area contributed by atoms with Crippen molar-refractivity contribution in [3.8, 4) is 0 Å². The number of carbonyl (C=O) groups is 1. The summed E-state index contributed by atoms with van der Waals surface area (Å²) in [5, 5.41) is 9.31. The van der Waals surface area contributed by atoms with Gasteiger partial charge >= 0.3 is 43.7 Å². The standard InChI is InChI=1S/C20H28O2.Ca.H2O4S.2H2O/c1-19-9-3-4-16(19)15-6-5-14-12-13(18(21)22)7-11-20(14,2)17(15)8-10-19;;1-5(2,3)4;;/h5,12,15-17H,3-4,6-11H2,1-2H3,(H,21,22);;(H2,1,2,3,4);2*1H2/q;+2;;;/p-2/t15-,16-,17-,19-,20-;;;;/m0..../s1. The van der Waals surface area contributed by atoms with E-state index in [0.717, 1.165) is 30.6 Å². The van der Waals surface area contributed by atoms with Gasteiger partial charge in [-0.05, 0) is 85.2 Å². The zero-order valence-electron chi connectivity index (χ0n) is 17.6. The Labute approximate surface area is 208 Å². The number of rotatable bonds is 1. The topological polar surface area (TPSA) is 181 Å². The molecule has 0 saturated heterocycles. The molecule has 10 heteroatoms. The van der Waals surface area contributed by atoms with Crippen LogP contribution in [0.25, 0.3) is 0 Å². The summed E-state index contributed by atoms with van der Waals surface area (Å²) in [4.78, 5) is 11.3. The molecule has 0 aromatic rings. The van der Waals surface area contributed by atoms with E-state index in [2.05, 4.69) is 19.9 Å². The van der Waals surface area contributed by atoms with Crippen molar-refractivity contribution in [2.75, 3.05) is 0 Å². The van der Waals surface area contributed by atoms with Crippen molar-refractivity contribution >= 4 is 54.1 Å². The number of hydrogen-bond donors (Lipinski definition) is 1. The van der Waals surface area contributed by atoms with E-state index in [0.29, 0.717) is 11.0 Å². The maximum Gasteiger partial charge on any atom is 2.00 e. The molecular weight excluding hydrogens is 440 g/mol. The van der Waals surface area contributed by atoms with Crippen LogP contribution in [0.15, 0.2) is 23.3 Å². The van der Waals surface area contributed by atoms with Crippen molar-refractivity contribution in [2.24, 2.45) is 28.6 Å². The van der Waals surface area contributed by atoms with Gasteiger partial charge in [-0.25, -0.2) is 4.79 Å². The normalized spacial score (nSPS) is 36.3. The number of carboxylic acids is 1. The van der Waals surface area contributed by atoms with Crippen LogP contribution in [-0.4, -0.2) is 77.3 Å². The van der Waals surface area contributed by atoms with Crippen LogP contribution in [0, 0.1) is 28.6 Å². The van der Waals surface area contributed by atoms with Crippen LogP contribution < -0.4 is 0 Å². The van der Waals surface area contributed by atoms with Crippen LogP contribution in [-0.2, 0) is 15.2 Å². The molecule has 4 aliphatic rings. The van der Waals surface area contributed by atoms with Gasteiger partial charge in [-0.15, -0.1) is 0 Å². The summed E-state index contributed by atoms with van der Waals surface area (Å²) >= 11 is 0. The fraction of sp³-hybridized carbons (Fsp3) is 0.750. The molecule has 0 unspecified atom stereocenters. The van der Waals surface area contributed by atoms with E-state index in [-0.39, 0.29) is 54.1 Å². The predicted molar refractivity (Wildman–Crippen MR) is 111 cm³/mol. The summed E-state index contributed by atoms with van der Waals surface area (Å²) in [5.74, 6) is 1.80. The zero-order chi connectivity index (χ0) is 20.0. The Kier molecular flexibility index (Phi) is 10.7. The molecule has 4 rings (SSSR count). The van der Waals surface area contributed by atoms with E-state index >= 15 is 0 Å². The van der Waals surface area contributed by atoms with Crippen LogP contribution in [0.3, 0.4) is 0 Å². The van der Waals surface area contributed by atoms with Gasteiger partial charge in [-0.3, -0.25) is 8.42 Å². The van der Waals surface area contributed by atoms with Crippen LogP contribution >= 0.6 is 0 Å². The second-order valence-electron chi connectivity index (χ2n) is 9.16. The Bertz CT molecular complexity index is 785. The molecule has 0 heterocycles. The van der Waals surface area contributed by atoms with Crippen molar-refractivity contribution in [1.82, 2.24) is 0 Å². The van der Waals surface area contributed by atoms with Crippen LogP contribution in [0.2, 0.25) is 0 Å². The van der Waals surface area contributed by atoms with Gasteiger partial charge in [0.15, 0.2) is 0 Å². The Morgan fingerprint density at radius 3 is 2.27 bits per heavy atom.